The summed E-state index contributed by atoms with van der Waals surface area (Å²) in [6.45, 7) is 1.48. The van der Waals surface area contributed by atoms with Crippen LogP contribution < -0.4 is 10.1 Å². The van der Waals surface area contributed by atoms with Crippen LogP contribution in [0, 0.1) is 17.1 Å². The summed E-state index contributed by atoms with van der Waals surface area (Å²) >= 11 is 0. The predicted octanol–water partition coefficient (Wildman–Crippen LogP) is 1.29. The number of hydrogen-bond donors (Lipinski definition) is 2. The van der Waals surface area contributed by atoms with Crippen molar-refractivity contribution in [1.29, 1.82) is 5.26 Å². The van der Waals surface area contributed by atoms with Gasteiger partial charge in [0, 0.05) is 12.1 Å². The molecule has 0 saturated heterocycles. The predicted molar refractivity (Wildman–Crippen MR) is 65.8 cm³/mol. The minimum atomic E-state index is -0.896. The summed E-state index contributed by atoms with van der Waals surface area (Å²) in [7, 11) is 0. The smallest absolute Gasteiger partial charge is 0.257 e. The molecule has 0 aromatic heterocycles. The topological polar surface area (TPSA) is 82.3 Å². The molecule has 0 saturated carbocycles. The van der Waals surface area contributed by atoms with Crippen LogP contribution in [0.1, 0.15) is 25.0 Å². The van der Waals surface area contributed by atoms with Crippen LogP contribution >= 0.6 is 0 Å². The van der Waals surface area contributed by atoms with E-state index in [0.717, 1.165) is 6.07 Å². The van der Waals surface area contributed by atoms with E-state index in [9.17, 15) is 14.3 Å². The first-order valence-electron chi connectivity index (χ1n) is 5.78. The van der Waals surface area contributed by atoms with Crippen molar-refractivity contribution in [2.75, 3.05) is 13.2 Å². The van der Waals surface area contributed by atoms with Gasteiger partial charge in [-0.2, -0.15) is 5.26 Å². The van der Waals surface area contributed by atoms with Gasteiger partial charge in [-0.05, 0) is 25.1 Å². The molecule has 1 aromatic carbocycles. The van der Waals surface area contributed by atoms with Crippen molar-refractivity contribution in [3.8, 4) is 11.8 Å². The van der Waals surface area contributed by atoms with Gasteiger partial charge in [-0.3, -0.25) is 4.79 Å². The van der Waals surface area contributed by atoms with Crippen molar-refractivity contribution in [3.05, 3.63) is 29.6 Å². The van der Waals surface area contributed by atoms with E-state index >= 15 is 0 Å². The molecule has 6 heteroatoms. The number of hydrogen-bond acceptors (Lipinski definition) is 4. The number of benzene rings is 1. The number of nitrogens with one attached hydrogen (secondary N) is 1. The summed E-state index contributed by atoms with van der Waals surface area (Å²) in [5.41, 5.74) is 0.282. The van der Waals surface area contributed by atoms with E-state index in [1.54, 1.807) is 0 Å². The van der Waals surface area contributed by atoms with Crippen LogP contribution in [0.15, 0.2) is 18.2 Å². The summed E-state index contributed by atoms with van der Waals surface area (Å²) in [6, 6.07) is 5.61. The quantitative estimate of drug-likeness (QED) is 0.760. The Morgan fingerprint density at radius 2 is 2.37 bits per heavy atom. The first-order valence-corrected chi connectivity index (χ1v) is 5.78. The molecule has 0 heterocycles. The Kier molecular flexibility index (Phi) is 5.76. The van der Waals surface area contributed by atoms with E-state index in [4.69, 9.17) is 10.00 Å². The molecule has 1 aromatic rings. The van der Waals surface area contributed by atoms with Gasteiger partial charge in [0.15, 0.2) is 6.61 Å². The van der Waals surface area contributed by atoms with Crippen LogP contribution in [0.25, 0.3) is 0 Å². The summed E-state index contributed by atoms with van der Waals surface area (Å²) in [5.74, 6) is -0.607. The molecular formula is C13H15FN2O3. The highest BCUT2D eigenvalue weighted by atomic mass is 19.1. The third-order valence-electron chi connectivity index (χ3n) is 2.34. The Balaban J connectivity index is 2.58. The van der Waals surface area contributed by atoms with Crippen LogP contribution in [0.5, 0.6) is 5.75 Å². The normalized spacial score (nSPS) is 11.5. The molecule has 0 spiro atoms. The maximum atomic E-state index is 13.0. The number of carbonyl (C=O) groups is 1. The number of halogens is 1. The Hall–Kier alpha value is -2.13. The summed E-state index contributed by atoms with van der Waals surface area (Å²) in [4.78, 5) is 11.4. The van der Waals surface area contributed by atoms with Crippen molar-refractivity contribution in [2.24, 2.45) is 0 Å². The molecule has 0 unspecified atom stereocenters. The molecule has 1 rings (SSSR count). The largest absolute Gasteiger partial charge is 0.483 e. The lowest BCUT2D eigenvalue weighted by Gasteiger charge is -2.13. The molecule has 102 valence electrons. The van der Waals surface area contributed by atoms with Gasteiger partial charge >= 0.3 is 0 Å². The second kappa shape index (κ2) is 7.34. The van der Waals surface area contributed by atoms with E-state index in [1.165, 1.54) is 19.1 Å². The molecule has 19 heavy (non-hydrogen) atoms. The lowest BCUT2D eigenvalue weighted by atomic mass is 10.1. The lowest BCUT2D eigenvalue weighted by Crippen LogP contribution is -2.29. The van der Waals surface area contributed by atoms with E-state index in [2.05, 4.69) is 5.32 Å². The van der Waals surface area contributed by atoms with Crippen LogP contribution in [0.4, 0.5) is 4.39 Å². The number of aliphatic hydroxyl groups is 1. The highest BCUT2D eigenvalue weighted by molar-refractivity contribution is 5.77. The molecule has 0 radical (unpaired) electrons. The van der Waals surface area contributed by atoms with Crippen molar-refractivity contribution in [2.45, 2.75) is 19.4 Å². The third kappa shape index (κ3) is 4.94. The van der Waals surface area contributed by atoms with Crippen molar-refractivity contribution in [1.82, 2.24) is 5.32 Å². The fourth-order valence-corrected chi connectivity index (χ4v) is 1.43. The number of rotatable bonds is 6. The number of nitrogens with zero attached hydrogens (tertiary/aromatic N) is 1. The van der Waals surface area contributed by atoms with Gasteiger partial charge in [-0.1, -0.05) is 0 Å². The molecule has 1 amide bonds. The van der Waals surface area contributed by atoms with Crippen LogP contribution in [-0.2, 0) is 4.79 Å². The van der Waals surface area contributed by atoms with Crippen LogP contribution in [-0.4, -0.2) is 24.2 Å². The zero-order chi connectivity index (χ0) is 14.3. The number of amides is 1. The van der Waals surface area contributed by atoms with Gasteiger partial charge in [-0.15, -0.1) is 0 Å². The Bertz CT molecular complexity index is 483. The van der Waals surface area contributed by atoms with E-state index in [1.807, 2.05) is 6.07 Å². The molecule has 0 fully saturated rings. The third-order valence-corrected chi connectivity index (χ3v) is 2.34. The molecular weight excluding hydrogens is 251 g/mol. The Morgan fingerprint density at radius 1 is 1.63 bits per heavy atom. The zero-order valence-corrected chi connectivity index (χ0v) is 10.5. The average Bonchev–Trinajstić information content (AvgIpc) is 2.37. The number of ether oxygens (including phenoxy) is 1. The van der Waals surface area contributed by atoms with Crippen molar-refractivity contribution in [3.63, 3.8) is 0 Å². The van der Waals surface area contributed by atoms with Gasteiger partial charge in [0.2, 0.25) is 0 Å². The van der Waals surface area contributed by atoms with Gasteiger partial charge in [0.05, 0.1) is 18.6 Å². The summed E-state index contributed by atoms with van der Waals surface area (Å²) < 4.78 is 18.3. The monoisotopic (exact) mass is 266 g/mol. The zero-order valence-electron chi connectivity index (χ0n) is 10.5. The second-order valence-electron chi connectivity index (χ2n) is 3.90. The minimum absolute atomic E-state index is 0.223. The van der Waals surface area contributed by atoms with Gasteiger partial charge in [-0.25, -0.2) is 4.39 Å². The SMILES string of the molecule is C[C@H](O)c1cc(F)ccc1OCC(=O)NCCC#N. The first-order chi connectivity index (χ1) is 9.04. The molecule has 0 aliphatic heterocycles. The average molecular weight is 266 g/mol. The second-order valence-corrected chi connectivity index (χ2v) is 3.90. The molecule has 0 bridgehead atoms. The summed E-state index contributed by atoms with van der Waals surface area (Å²) in [5, 5.41) is 20.3. The Morgan fingerprint density at radius 3 is 3.00 bits per heavy atom. The maximum absolute atomic E-state index is 13.0. The van der Waals surface area contributed by atoms with Crippen LogP contribution in [0.2, 0.25) is 0 Å². The molecule has 5 nitrogen and oxygen atoms in total. The van der Waals surface area contributed by atoms with E-state index in [-0.39, 0.29) is 36.8 Å². The standard InChI is InChI=1S/C13H15FN2O3/c1-9(17)11-7-10(14)3-4-12(11)19-8-13(18)16-6-2-5-15/h3-4,7,9,17H,2,6,8H2,1H3,(H,16,18)/t9-/m0/s1. The molecule has 0 aliphatic rings. The molecule has 1 atom stereocenters. The summed E-state index contributed by atoms with van der Waals surface area (Å²) in [6.07, 6.45) is -0.673. The van der Waals surface area contributed by atoms with Crippen molar-refractivity contribution >= 4 is 5.91 Å². The number of carbonyl (C=O) groups excluding carboxylic acids is 1. The van der Waals surface area contributed by atoms with Crippen molar-refractivity contribution < 1.29 is 19.0 Å². The first kappa shape index (κ1) is 14.9. The van der Waals surface area contributed by atoms with E-state index in [0.29, 0.717) is 0 Å². The lowest BCUT2D eigenvalue weighted by molar-refractivity contribution is -0.123. The van der Waals surface area contributed by atoms with Crippen LogP contribution in [0.3, 0.4) is 0 Å². The van der Waals surface area contributed by atoms with E-state index < -0.39 is 11.9 Å². The number of aliphatic hydroxyl groups excluding tert-OH is 1. The highest BCUT2D eigenvalue weighted by Gasteiger charge is 2.12. The fourth-order valence-electron chi connectivity index (χ4n) is 1.43. The fraction of sp³-hybridized carbons (Fsp3) is 0.385. The molecule has 2 N–H and O–H groups in total. The maximum Gasteiger partial charge on any atom is 0.257 e. The van der Waals surface area contributed by atoms with Gasteiger partial charge in [0.25, 0.3) is 5.91 Å². The number of nitriles is 1. The molecule has 0 aliphatic carbocycles. The highest BCUT2D eigenvalue weighted by Crippen LogP contribution is 2.25. The minimum Gasteiger partial charge on any atom is -0.483 e. The Labute approximate surface area is 110 Å². The van der Waals surface area contributed by atoms with Gasteiger partial charge in [0.1, 0.15) is 11.6 Å². The van der Waals surface area contributed by atoms with Gasteiger partial charge < -0.3 is 15.2 Å².